The van der Waals surface area contributed by atoms with Crippen molar-refractivity contribution in [2.45, 2.75) is 31.7 Å². The predicted molar refractivity (Wildman–Crippen MR) is 115 cm³/mol. The lowest BCUT2D eigenvalue weighted by Gasteiger charge is -2.14. The standard InChI is InChI=1S/C20H16F2N6O3.H2S/c1-9(13-6-12(21)4-5-14(13)22)28-17-16(15(26-28)10-2-3-10)24-20(25-18(17)29)27-8-11(7-23-27)19(30)31;/h4-10H,2-3H2,1H3,(H,30,31)(H,24,25,29);1H2/t9-;/m0./s1. The molecule has 1 fully saturated rings. The van der Waals surface area contributed by atoms with Gasteiger partial charge >= 0.3 is 5.97 Å². The third-order valence-corrected chi connectivity index (χ3v) is 5.36. The minimum absolute atomic E-state index is 0. The lowest BCUT2D eigenvalue weighted by Crippen LogP contribution is -2.19. The highest BCUT2D eigenvalue weighted by molar-refractivity contribution is 7.59. The van der Waals surface area contributed by atoms with E-state index in [1.165, 1.54) is 10.9 Å². The van der Waals surface area contributed by atoms with Gasteiger partial charge in [-0.15, -0.1) is 0 Å². The molecule has 4 aromatic rings. The van der Waals surface area contributed by atoms with Crippen molar-refractivity contribution >= 4 is 30.5 Å². The Morgan fingerprint density at radius 1 is 1.31 bits per heavy atom. The van der Waals surface area contributed by atoms with Crippen molar-refractivity contribution in [3.05, 3.63) is 69.4 Å². The molecule has 1 atom stereocenters. The molecule has 1 aromatic carbocycles. The van der Waals surface area contributed by atoms with Gasteiger partial charge in [-0.05, 0) is 38.0 Å². The first-order chi connectivity index (χ1) is 14.8. The van der Waals surface area contributed by atoms with Crippen molar-refractivity contribution in [1.82, 2.24) is 29.5 Å². The van der Waals surface area contributed by atoms with Gasteiger partial charge in [0.25, 0.3) is 5.56 Å². The Hall–Kier alpha value is -3.54. The van der Waals surface area contributed by atoms with E-state index in [0.717, 1.165) is 41.9 Å². The number of halogens is 2. The molecule has 0 unspecified atom stereocenters. The van der Waals surface area contributed by atoms with Crippen LogP contribution in [0, 0.1) is 11.6 Å². The summed E-state index contributed by atoms with van der Waals surface area (Å²) in [5.41, 5.74) is 0.515. The van der Waals surface area contributed by atoms with Crippen molar-refractivity contribution in [2.75, 3.05) is 0 Å². The average Bonchev–Trinajstić information content (AvgIpc) is 3.31. The van der Waals surface area contributed by atoms with E-state index < -0.39 is 29.2 Å². The van der Waals surface area contributed by atoms with Crippen LogP contribution in [0.25, 0.3) is 17.0 Å². The summed E-state index contributed by atoms with van der Waals surface area (Å²) >= 11 is 0. The molecule has 0 saturated heterocycles. The molecule has 3 heterocycles. The fourth-order valence-electron chi connectivity index (χ4n) is 3.60. The van der Waals surface area contributed by atoms with Gasteiger partial charge in [0, 0.05) is 17.7 Å². The quantitative estimate of drug-likeness (QED) is 0.473. The van der Waals surface area contributed by atoms with Gasteiger partial charge in [0.2, 0.25) is 5.95 Å². The van der Waals surface area contributed by atoms with Crippen LogP contribution in [0.15, 0.2) is 35.4 Å². The lowest BCUT2D eigenvalue weighted by atomic mass is 10.1. The van der Waals surface area contributed by atoms with Crippen LogP contribution in [0.4, 0.5) is 8.78 Å². The number of nitrogens with one attached hydrogen (secondary N) is 1. The fourth-order valence-corrected chi connectivity index (χ4v) is 3.60. The van der Waals surface area contributed by atoms with Crippen LogP contribution in [-0.4, -0.2) is 40.6 Å². The van der Waals surface area contributed by atoms with Crippen LogP contribution in [0.1, 0.15) is 53.3 Å². The second kappa shape index (κ2) is 7.86. The smallest absolute Gasteiger partial charge is 0.338 e. The molecule has 0 spiro atoms. The van der Waals surface area contributed by atoms with E-state index in [0.29, 0.717) is 11.2 Å². The van der Waals surface area contributed by atoms with Gasteiger partial charge in [-0.1, -0.05) is 0 Å². The van der Waals surface area contributed by atoms with E-state index in [2.05, 4.69) is 20.2 Å². The monoisotopic (exact) mass is 460 g/mol. The maximum absolute atomic E-state index is 14.4. The van der Waals surface area contributed by atoms with E-state index in [1.54, 1.807) is 6.92 Å². The Morgan fingerprint density at radius 2 is 2.06 bits per heavy atom. The number of carboxylic acid groups (broad SMARTS) is 1. The molecule has 1 aliphatic rings. The molecule has 12 heteroatoms. The molecule has 2 N–H and O–H groups in total. The number of nitrogens with zero attached hydrogens (tertiary/aromatic N) is 5. The second-order valence-electron chi connectivity index (χ2n) is 7.51. The lowest BCUT2D eigenvalue weighted by molar-refractivity contribution is 0.0697. The number of rotatable bonds is 5. The molecule has 5 rings (SSSR count). The zero-order valence-corrected chi connectivity index (χ0v) is 17.7. The highest BCUT2D eigenvalue weighted by Crippen LogP contribution is 2.42. The number of hydrogen-bond donors (Lipinski definition) is 2. The van der Waals surface area contributed by atoms with Crippen molar-refractivity contribution < 1.29 is 18.7 Å². The van der Waals surface area contributed by atoms with Crippen LogP contribution in [0.5, 0.6) is 0 Å². The molecule has 1 aliphatic carbocycles. The van der Waals surface area contributed by atoms with E-state index >= 15 is 0 Å². The summed E-state index contributed by atoms with van der Waals surface area (Å²) in [5.74, 6) is -2.21. The zero-order valence-electron chi connectivity index (χ0n) is 16.7. The summed E-state index contributed by atoms with van der Waals surface area (Å²) in [6.07, 6.45) is 4.14. The van der Waals surface area contributed by atoms with Crippen molar-refractivity contribution in [1.29, 1.82) is 0 Å². The van der Waals surface area contributed by atoms with Crippen LogP contribution >= 0.6 is 13.5 Å². The number of carboxylic acids is 1. The third-order valence-electron chi connectivity index (χ3n) is 5.36. The summed E-state index contributed by atoms with van der Waals surface area (Å²) in [6, 6.07) is 2.38. The van der Waals surface area contributed by atoms with Crippen LogP contribution < -0.4 is 5.56 Å². The number of carbonyl (C=O) groups is 1. The summed E-state index contributed by atoms with van der Waals surface area (Å²) < 4.78 is 30.6. The molecule has 166 valence electrons. The zero-order chi connectivity index (χ0) is 21.9. The largest absolute Gasteiger partial charge is 0.478 e. The molecular formula is C20H18F2N6O3S. The van der Waals surface area contributed by atoms with Crippen LogP contribution in [0.3, 0.4) is 0 Å². The van der Waals surface area contributed by atoms with Gasteiger partial charge in [0.05, 0.1) is 23.5 Å². The molecule has 3 aromatic heterocycles. The van der Waals surface area contributed by atoms with Crippen LogP contribution in [-0.2, 0) is 0 Å². The third kappa shape index (κ3) is 3.55. The van der Waals surface area contributed by atoms with E-state index in [1.807, 2.05) is 0 Å². The normalized spacial score (nSPS) is 14.3. The van der Waals surface area contributed by atoms with Gasteiger partial charge in [-0.2, -0.15) is 23.7 Å². The number of benzene rings is 1. The Labute approximate surface area is 186 Å². The van der Waals surface area contributed by atoms with Gasteiger partial charge in [0.15, 0.2) is 5.52 Å². The maximum atomic E-state index is 14.4. The molecular weight excluding hydrogens is 442 g/mol. The molecule has 1 saturated carbocycles. The summed E-state index contributed by atoms with van der Waals surface area (Å²) in [4.78, 5) is 31.2. The number of aromatic carboxylic acids is 1. The predicted octanol–water partition coefficient (Wildman–Crippen LogP) is 2.88. The molecule has 0 radical (unpaired) electrons. The molecule has 0 amide bonds. The number of H-pyrrole nitrogens is 1. The molecule has 9 nitrogen and oxygen atoms in total. The summed E-state index contributed by atoms with van der Waals surface area (Å²) in [7, 11) is 0. The minimum Gasteiger partial charge on any atom is -0.478 e. The number of aromatic nitrogens is 6. The first-order valence-corrected chi connectivity index (χ1v) is 9.59. The Kier molecular flexibility index (Phi) is 5.33. The minimum atomic E-state index is -1.16. The van der Waals surface area contributed by atoms with Gasteiger partial charge in [-0.25, -0.2) is 23.2 Å². The van der Waals surface area contributed by atoms with Crippen molar-refractivity contribution in [3.8, 4) is 5.95 Å². The topological polar surface area (TPSA) is 119 Å². The van der Waals surface area contributed by atoms with E-state index in [-0.39, 0.29) is 42.0 Å². The highest BCUT2D eigenvalue weighted by atomic mass is 32.1. The van der Waals surface area contributed by atoms with Crippen molar-refractivity contribution in [3.63, 3.8) is 0 Å². The van der Waals surface area contributed by atoms with Gasteiger partial charge in [-0.3, -0.25) is 14.5 Å². The SMILES string of the molecule is C[C@@H](c1cc(F)ccc1F)n1nc(C2CC2)c2nc(-n3cc(C(=O)O)cn3)[nH]c(=O)c21.S. The van der Waals surface area contributed by atoms with Gasteiger partial charge < -0.3 is 5.11 Å². The Bertz CT molecular complexity index is 1410. The van der Waals surface area contributed by atoms with Crippen molar-refractivity contribution in [2.24, 2.45) is 0 Å². The van der Waals surface area contributed by atoms with E-state index in [4.69, 9.17) is 5.11 Å². The van der Waals surface area contributed by atoms with Gasteiger partial charge in [0.1, 0.15) is 17.2 Å². The average molecular weight is 460 g/mol. The number of hydrogen-bond acceptors (Lipinski definition) is 5. The molecule has 0 aliphatic heterocycles. The second-order valence-corrected chi connectivity index (χ2v) is 7.51. The Balaban J connectivity index is 0.00000245. The molecule has 32 heavy (non-hydrogen) atoms. The summed E-state index contributed by atoms with van der Waals surface area (Å²) in [6.45, 7) is 1.63. The van der Waals surface area contributed by atoms with E-state index in [9.17, 15) is 18.4 Å². The fraction of sp³-hybridized carbons (Fsp3) is 0.250. The highest BCUT2D eigenvalue weighted by Gasteiger charge is 2.32. The summed E-state index contributed by atoms with van der Waals surface area (Å²) in [5, 5.41) is 17.6. The number of fused-ring (bicyclic) bond motifs is 1. The van der Waals surface area contributed by atoms with Crippen LogP contribution in [0.2, 0.25) is 0 Å². The Morgan fingerprint density at radius 3 is 2.72 bits per heavy atom. The maximum Gasteiger partial charge on any atom is 0.338 e. The number of aromatic amines is 1. The molecule has 0 bridgehead atoms. The first-order valence-electron chi connectivity index (χ1n) is 9.59. The first kappa shape index (κ1) is 21.7.